The first-order valence-electron chi connectivity index (χ1n) is 9.60. The second-order valence-electron chi connectivity index (χ2n) is 6.94. The molecule has 150 valence electrons. The summed E-state index contributed by atoms with van der Waals surface area (Å²) in [5.74, 6) is 0.590. The van der Waals surface area contributed by atoms with E-state index in [4.69, 9.17) is 16.3 Å². The molecular formula is C22H22ClN3O2S. The van der Waals surface area contributed by atoms with Crippen LogP contribution in [0.25, 0.3) is 6.08 Å². The number of nitrogens with one attached hydrogen (secondary N) is 1. The van der Waals surface area contributed by atoms with Crippen LogP contribution < -0.4 is 15.0 Å². The molecule has 0 unspecified atom stereocenters. The molecule has 5 nitrogen and oxygen atoms in total. The highest BCUT2D eigenvalue weighted by Gasteiger charge is 2.24. The van der Waals surface area contributed by atoms with Gasteiger partial charge in [-0.2, -0.15) is 0 Å². The maximum Gasteiger partial charge on any atom is 0.264 e. The van der Waals surface area contributed by atoms with E-state index in [1.165, 1.54) is 31.0 Å². The summed E-state index contributed by atoms with van der Waals surface area (Å²) >= 11 is 7.31. The molecule has 2 fully saturated rings. The van der Waals surface area contributed by atoms with Crippen molar-refractivity contribution in [1.29, 1.82) is 0 Å². The number of piperidine rings is 1. The summed E-state index contributed by atoms with van der Waals surface area (Å²) in [6, 6.07) is 13.4. The second-order valence-corrected chi connectivity index (χ2v) is 8.40. The van der Waals surface area contributed by atoms with Crippen LogP contribution in [0.1, 0.15) is 24.8 Å². The maximum atomic E-state index is 12.4. The van der Waals surface area contributed by atoms with Gasteiger partial charge in [0, 0.05) is 35.4 Å². The van der Waals surface area contributed by atoms with Crippen molar-refractivity contribution in [3.05, 3.63) is 58.0 Å². The van der Waals surface area contributed by atoms with Gasteiger partial charge in [0.1, 0.15) is 5.75 Å². The number of rotatable bonds is 4. The van der Waals surface area contributed by atoms with Gasteiger partial charge in [-0.3, -0.25) is 4.79 Å². The van der Waals surface area contributed by atoms with Gasteiger partial charge >= 0.3 is 0 Å². The van der Waals surface area contributed by atoms with Crippen LogP contribution in [0, 0.1) is 0 Å². The van der Waals surface area contributed by atoms with Crippen LogP contribution in [0.2, 0.25) is 5.02 Å². The number of aliphatic imine (C=N–C) groups is 1. The number of hydrogen-bond donors (Lipinski definition) is 1. The molecule has 0 aliphatic carbocycles. The largest absolute Gasteiger partial charge is 0.496 e. The van der Waals surface area contributed by atoms with Gasteiger partial charge in [0.05, 0.1) is 17.7 Å². The van der Waals surface area contributed by atoms with Crippen LogP contribution in [0.4, 0.5) is 11.4 Å². The lowest BCUT2D eigenvalue weighted by molar-refractivity contribution is -0.115. The highest BCUT2D eigenvalue weighted by atomic mass is 35.5. The lowest BCUT2D eigenvalue weighted by Crippen LogP contribution is -2.29. The minimum atomic E-state index is -0.169. The first-order valence-corrected chi connectivity index (χ1v) is 10.8. The number of amides is 1. The Hall–Kier alpha value is -2.44. The Labute approximate surface area is 179 Å². The fourth-order valence-corrected chi connectivity index (χ4v) is 4.47. The monoisotopic (exact) mass is 427 g/mol. The zero-order chi connectivity index (χ0) is 20.2. The fraction of sp³-hybridized carbons (Fsp3) is 0.273. The fourth-order valence-electron chi connectivity index (χ4n) is 3.45. The van der Waals surface area contributed by atoms with E-state index < -0.39 is 0 Å². The van der Waals surface area contributed by atoms with E-state index in [1.807, 2.05) is 24.3 Å². The van der Waals surface area contributed by atoms with E-state index in [0.717, 1.165) is 30.1 Å². The number of thioether (sulfide) groups is 1. The molecule has 29 heavy (non-hydrogen) atoms. The maximum absolute atomic E-state index is 12.4. The summed E-state index contributed by atoms with van der Waals surface area (Å²) in [5.41, 5.74) is 2.73. The Balaban J connectivity index is 1.56. The van der Waals surface area contributed by atoms with Crippen LogP contribution in [0.5, 0.6) is 5.75 Å². The highest BCUT2D eigenvalue weighted by Crippen LogP contribution is 2.33. The summed E-state index contributed by atoms with van der Waals surface area (Å²) < 4.78 is 5.60. The SMILES string of the molecule is COc1cc(N2CCCCC2)ccc1/C=C1\SC(=Nc2cccc(Cl)c2)NC1=O. The molecular weight excluding hydrogens is 406 g/mol. The Morgan fingerprint density at radius 2 is 2.00 bits per heavy atom. The van der Waals surface area contributed by atoms with E-state index in [1.54, 1.807) is 19.2 Å². The molecule has 2 aliphatic heterocycles. The van der Waals surface area contributed by atoms with E-state index in [0.29, 0.717) is 20.8 Å². The smallest absolute Gasteiger partial charge is 0.264 e. The summed E-state index contributed by atoms with van der Waals surface area (Å²) in [5, 5.41) is 3.95. The normalized spacial score (nSPS) is 19.7. The molecule has 2 aromatic rings. The highest BCUT2D eigenvalue weighted by molar-refractivity contribution is 8.18. The van der Waals surface area contributed by atoms with Crippen LogP contribution >= 0.6 is 23.4 Å². The van der Waals surface area contributed by atoms with Crippen molar-refractivity contribution in [1.82, 2.24) is 5.32 Å². The van der Waals surface area contributed by atoms with Gasteiger partial charge in [0.15, 0.2) is 5.17 Å². The molecule has 0 atom stereocenters. The number of carbonyl (C=O) groups excluding carboxylic acids is 1. The minimum Gasteiger partial charge on any atom is -0.496 e. The van der Waals surface area contributed by atoms with Gasteiger partial charge < -0.3 is 15.0 Å². The number of ether oxygens (including phenoxy) is 1. The van der Waals surface area contributed by atoms with Crippen molar-refractivity contribution in [3.63, 3.8) is 0 Å². The predicted octanol–water partition coefficient (Wildman–Crippen LogP) is 5.23. The zero-order valence-electron chi connectivity index (χ0n) is 16.2. The zero-order valence-corrected chi connectivity index (χ0v) is 17.7. The van der Waals surface area contributed by atoms with E-state index >= 15 is 0 Å². The van der Waals surface area contributed by atoms with Crippen molar-refractivity contribution in [3.8, 4) is 5.75 Å². The molecule has 2 aliphatic rings. The van der Waals surface area contributed by atoms with Gasteiger partial charge in [-0.05, 0) is 67.4 Å². The molecule has 0 spiro atoms. The number of nitrogens with zero attached hydrogens (tertiary/aromatic N) is 2. The number of amidine groups is 1. The number of anilines is 1. The van der Waals surface area contributed by atoms with E-state index in [2.05, 4.69) is 27.3 Å². The lowest BCUT2D eigenvalue weighted by atomic mass is 10.1. The molecule has 1 N–H and O–H groups in total. The molecule has 2 aromatic carbocycles. The van der Waals surface area contributed by atoms with Crippen molar-refractivity contribution in [2.75, 3.05) is 25.1 Å². The van der Waals surface area contributed by atoms with Crippen LogP contribution in [-0.2, 0) is 4.79 Å². The van der Waals surface area contributed by atoms with Gasteiger partial charge in [0.25, 0.3) is 5.91 Å². The number of methoxy groups -OCH3 is 1. The molecule has 1 amide bonds. The van der Waals surface area contributed by atoms with Crippen molar-refractivity contribution < 1.29 is 9.53 Å². The Bertz CT molecular complexity index is 984. The van der Waals surface area contributed by atoms with Crippen molar-refractivity contribution in [2.45, 2.75) is 19.3 Å². The van der Waals surface area contributed by atoms with Crippen LogP contribution in [0.15, 0.2) is 52.4 Å². The van der Waals surface area contributed by atoms with E-state index in [-0.39, 0.29) is 5.91 Å². The predicted molar refractivity (Wildman–Crippen MR) is 121 cm³/mol. The standard InChI is InChI=1S/C22H22ClN3O2S/c1-28-19-14-18(26-10-3-2-4-11-26)9-8-15(19)12-20-21(27)25-22(29-20)24-17-7-5-6-16(23)13-17/h5-9,12-14H,2-4,10-11H2,1H3,(H,24,25,27)/b20-12-. The molecule has 2 saturated heterocycles. The third kappa shape index (κ3) is 4.77. The summed E-state index contributed by atoms with van der Waals surface area (Å²) in [4.78, 5) is 19.8. The summed E-state index contributed by atoms with van der Waals surface area (Å²) in [6.07, 6.45) is 5.59. The molecule has 0 saturated carbocycles. The second kappa shape index (κ2) is 8.93. The van der Waals surface area contributed by atoms with Crippen molar-refractivity contribution in [2.24, 2.45) is 4.99 Å². The van der Waals surface area contributed by atoms with E-state index in [9.17, 15) is 4.79 Å². The van der Waals surface area contributed by atoms with Crippen molar-refractivity contribution >= 4 is 51.9 Å². The number of benzene rings is 2. The van der Waals surface area contributed by atoms with Gasteiger partial charge in [0.2, 0.25) is 0 Å². The Morgan fingerprint density at radius 3 is 2.76 bits per heavy atom. The first kappa shape index (κ1) is 19.9. The quantitative estimate of drug-likeness (QED) is 0.678. The average molecular weight is 428 g/mol. The number of carbonyl (C=O) groups is 1. The third-order valence-electron chi connectivity index (χ3n) is 4.91. The minimum absolute atomic E-state index is 0.169. The number of halogens is 1. The number of hydrogen-bond acceptors (Lipinski definition) is 5. The van der Waals surface area contributed by atoms with Crippen LogP contribution in [0.3, 0.4) is 0 Å². The topological polar surface area (TPSA) is 53.9 Å². The Morgan fingerprint density at radius 1 is 1.17 bits per heavy atom. The third-order valence-corrected chi connectivity index (χ3v) is 6.06. The first-order chi connectivity index (χ1) is 14.1. The molecule has 2 heterocycles. The Kier molecular flexibility index (Phi) is 6.11. The molecule has 0 aromatic heterocycles. The lowest BCUT2D eigenvalue weighted by Gasteiger charge is -2.29. The summed E-state index contributed by atoms with van der Waals surface area (Å²) in [7, 11) is 1.66. The molecule has 0 radical (unpaired) electrons. The van der Waals surface area contributed by atoms with Gasteiger partial charge in [-0.1, -0.05) is 17.7 Å². The average Bonchev–Trinajstić information content (AvgIpc) is 3.07. The van der Waals surface area contributed by atoms with Gasteiger partial charge in [-0.25, -0.2) is 4.99 Å². The molecule has 7 heteroatoms. The molecule has 0 bridgehead atoms. The van der Waals surface area contributed by atoms with Crippen LogP contribution in [-0.4, -0.2) is 31.3 Å². The molecule has 4 rings (SSSR count). The summed E-state index contributed by atoms with van der Waals surface area (Å²) in [6.45, 7) is 2.15. The van der Waals surface area contributed by atoms with Gasteiger partial charge in [-0.15, -0.1) is 0 Å².